The van der Waals surface area contributed by atoms with Crippen molar-refractivity contribution < 1.29 is 4.74 Å². The molecule has 0 N–H and O–H groups in total. The molecule has 3 heterocycles. The third-order valence-electron chi connectivity index (χ3n) is 5.12. The molecule has 2 aliphatic heterocycles. The van der Waals surface area contributed by atoms with Gasteiger partial charge in [-0.3, -0.25) is 0 Å². The topological polar surface area (TPSA) is 24.8 Å². The van der Waals surface area contributed by atoms with Crippen molar-refractivity contribution >= 4 is 28.6 Å². The first-order chi connectivity index (χ1) is 12.6. The van der Waals surface area contributed by atoms with Crippen molar-refractivity contribution in [1.82, 2.24) is 5.01 Å². The fourth-order valence-corrected chi connectivity index (χ4v) is 4.64. The van der Waals surface area contributed by atoms with Crippen molar-refractivity contribution in [2.75, 3.05) is 0 Å². The summed E-state index contributed by atoms with van der Waals surface area (Å²) in [5.41, 5.74) is 2.67. The van der Waals surface area contributed by atoms with Gasteiger partial charge in [0.1, 0.15) is 5.75 Å². The minimum Gasteiger partial charge on any atom is -0.462 e. The second-order valence-corrected chi connectivity index (χ2v) is 8.10. The minimum atomic E-state index is -0.678. The first-order valence-electron chi connectivity index (χ1n) is 8.60. The Morgan fingerprint density at radius 3 is 2.69 bits per heavy atom. The van der Waals surface area contributed by atoms with Crippen LogP contribution in [0.4, 0.5) is 0 Å². The molecule has 0 aliphatic carbocycles. The zero-order valence-corrected chi connectivity index (χ0v) is 15.8. The fraction of sp³-hybridized carbons (Fsp3) is 0.190. The molecule has 3 nitrogen and oxygen atoms in total. The van der Waals surface area contributed by atoms with Crippen molar-refractivity contribution in [3.63, 3.8) is 0 Å². The van der Waals surface area contributed by atoms with Gasteiger partial charge in [-0.25, -0.2) is 5.01 Å². The second-order valence-electron chi connectivity index (χ2n) is 6.72. The molecule has 1 aromatic heterocycles. The fourth-order valence-electron chi connectivity index (χ4n) is 3.80. The van der Waals surface area contributed by atoms with Gasteiger partial charge in [0.2, 0.25) is 5.72 Å². The molecule has 2 atom stereocenters. The summed E-state index contributed by atoms with van der Waals surface area (Å²) in [5.74, 6) is 0.925. The van der Waals surface area contributed by atoms with E-state index in [1.807, 2.05) is 36.4 Å². The number of hydrogen-bond acceptors (Lipinski definition) is 4. The molecule has 2 aromatic carbocycles. The van der Waals surface area contributed by atoms with Crippen LogP contribution in [0.5, 0.6) is 5.75 Å². The lowest BCUT2D eigenvalue weighted by atomic mass is 9.93. The Balaban J connectivity index is 1.66. The van der Waals surface area contributed by atoms with E-state index in [1.165, 1.54) is 10.4 Å². The largest absolute Gasteiger partial charge is 0.462 e. The van der Waals surface area contributed by atoms with Gasteiger partial charge in [-0.1, -0.05) is 48.0 Å². The Morgan fingerprint density at radius 1 is 1.12 bits per heavy atom. The number of ether oxygens (including phenoxy) is 1. The van der Waals surface area contributed by atoms with Crippen molar-refractivity contribution in [2.45, 2.75) is 25.1 Å². The summed E-state index contributed by atoms with van der Waals surface area (Å²) in [7, 11) is 0. The molecule has 26 heavy (non-hydrogen) atoms. The Morgan fingerprint density at radius 2 is 1.92 bits per heavy atom. The molecule has 5 heteroatoms. The molecule has 0 amide bonds. The van der Waals surface area contributed by atoms with Gasteiger partial charge in [0.15, 0.2) is 0 Å². The van der Waals surface area contributed by atoms with Crippen LogP contribution in [0.1, 0.15) is 35.4 Å². The van der Waals surface area contributed by atoms with E-state index in [0.29, 0.717) is 5.02 Å². The molecule has 0 radical (unpaired) electrons. The predicted octanol–water partition coefficient (Wildman–Crippen LogP) is 5.82. The van der Waals surface area contributed by atoms with Gasteiger partial charge in [0.05, 0.1) is 16.6 Å². The van der Waals surface area contributed by atoms with Gasteiger partial charge in [0, 0.05) is 29.5 Å². The van der Waals surface area contributed by atoms with Crippen LogP contribution >= 0.6 is 22.9 Å². The quantitative estimate of drug-likeness (QED) is 0.559. The van der Waals surface area contributed by atoms with Gasteiger partial charge >= 0.3 is 0 Å². The maximum atomic E-state index is 6.50. The zero-order chi connectivity index (χ0) is 17.7. The number of halogens is 1. The first-order valence-corrected chi connectivity index (χ1v) is 9.85. The molecule has 5 rings (SSSR count). The zero-order valence-electron chi connectivity index (χ0n) is 14.2. The van der Waals surface area contributed by atoms with Crippen LogP contribution in [-0.4, -0.2) is 10.7 Å². The van der Waals surface area contributed by atoms with Crippen molar-refractivity contribution in [2.24, 2.45) is 5.10 Å². The molecule has 0 spiro atoms. The highest BCUT2D eigenvalue weighted by Gasteiger charge is 2.48. The number of fused-ring (bicyclic) bond motifs is 3. The highest BCUT2D eigenvalue weighted by Crippen LogP contribution is 2.50. The van der Waals surface area contributed by atoms with Crippen LogP contribution < -0.4 is 4.74 Å². The number of benzene rings is 2. The van der Waals surface area contributed by atoms with E-state index in [2.05, 4.69) is 41.6 Å². The molecule has 0 saturated carbocycles. The number of para-hydroxylation sites is 1. The lowest BCUT2D eigenvalue weighted by molar-refractivity contribution is -0.112. The Hall–Kier alpha value is -2.30. The van der Waals surface area contributed by atoms with E-state index >= 15 is 0 Å². The average molecular weight is 381 g/mol. The van der Waals surface area contributed by atoms with Crippen molar-refractivity contribution in [1.29, 1.82) is 0 Å². The van der Waals surface area contributed by atoms with Gasteiger partial charge in [-0.2, -0.15) is 5.10 Å². The molecule has 3 aromatic rings. The molecule has 130 valence electrons. The van der Waals surface area contributed by atoms with Gasteiger partial charge in [-0.15, -0.1) is 11.3 Å². The number of nitrogens with zero attached hydrogens (tertiary/aromatic N) is 2. The normalized spacial score (nSPS) is 23.8. The second kappa shape index (κ2) is 5.86. The smallest absolute Gasteiger partial charge is 0.221 e. The monoisotopic (exact) mass is 380 g/mol. The summed E-state index contributed by atoms with van der Waals surface area (Å²) < 4.78 is 6.50. The molecule has 0 unspecified atom stereocenters. The molecule has 0 saturated heterocycles. The van der Waals surface area contributed by atoms with Gasteiger partial charge in [0.25, 0.3) is 0 Å². The minimum absolute atomic E-state index is 0.165. The first kappa shape index (κ1) is 15.9. The van der Waals surface area contributed by atoms with E-state index in [0.717, 1.165) is 23.4 Å². The molecule has 0 bridgehead atoms. The predicted molar refractivity (Wildman–Crippen MR) is 106 cm³/mol. The lowest BCUT2D eigenvalue weighted by Gasteiger charge is -2.46. The van der Waals surface area contributed by atoms with E-state index in [9.17, 15) is 0 Å². The summed E-state index contributed by atoms with van der Waals surface area (Å²) in [6, 6.07) is 20.5. The lowest BCUT2D eigenvalue weighted by Crippen LogP contribution is -2.48. The van der Waals surface area contributed by atoms with E-state index in [-0.39, 0.29) is 6.04 Å². The van der Waals surface area contributed by atoms with Crippen molar-refractivity contribution in [3.8, 4) is 5.75 Å². The van der Waals surface area contributed by atoms with Crippen LogP contribution in [0.2, 0.25) is 5.02 Å². The Labute approximate surface area is 161 Å². The van der Waals surface area contributed by atoms with E-state index < -0.39 is 5.72 Å². The van der Waals surface area contributed by atoms with Crippen molar-refractivity contribution in [3.05, 3.63) is 87.1 Å². The Bertz CT molecular complexity index is 984. The average Bonchev–Trinajstić information content (AvgIpc) is 3.32. The summed E-state index contributed by atoms with van der Waals surface area (Å²) in [5, 5.41) is 9.94. The molecule has 2 aliphatic rings. The maximum absolute atomic E-state index is 6.50. The van der Waals surface area contributed by atoms with Gasteiger partial charge < -0.3 is 4.74 Å². The third kappa shape index (κ3) is 2.37. The number of hydrazone groups is 1. The van der Waals surface area contributed by atoms with Crippen LogP contribution in [-0.2, 0) is 5.72 Å². The highest BCUT2D eigenvalue weighted by molar-refractivity contribution is 7.12. The van der Waals surface area contributed by atoms with E-state index in [1.54, 1.807) is 11.3 Å². The number of hydrogen-bond donors (Lipinski definition) is 0. The van der Waals surface area contributed by atoms with Gasteiger partial charge in [-0.05, 0) is 29.6 Å². The van der Waals surface area contributed by atoms with E-state index in [4.69, 9.17) is 21.4 Å². The van der Waals surface area contributed by atoms with Crippen LogP contribution in [0, 0.1) is 0 Å². The number of rotatable bonds is 2. The highest BCUT2D eigenvalue weighted by atomic mass is 35.5. The Kier molecular flexibility index (Phi) is 3.59. The summed E-state index contributed by atoms with van der Waals surface area (Å²) >= 11 is 7.83. The van der Waals surface area contributed by atoms with Crippen LogP contribution in [0.15, 0.2) is 71.1 Å². The molecule has 0 fully saturated rings. The maximum Gasteiger partial charge on any atom is 0.221 e. The number of thiophene rings is 1. The van der Waals surface area contributed by atoms with Crippen LogP contribution in [0.3, 0.4) is 0 Å². The summed E-state index contributed by atoms with van der Waals surface area (Å²) in [4.78, 5) is 1.22. The SMILES string of the molecule is C[C@@]1(c2ccc(Cl)cc2)Oc2ccccc2[C@H]2CC(c3cccs3)=NN21. The standard InChI is InChI=1S/C21H17ClN2OS/c1-21(14-8-10-15(22)11-9-14)24-18(16-5-2-3-6-19(16)25-21)13-17(23-24)20-7-4-12-26-20/h2-12,18H,13H2,1H3/t18-,21+/m1/s1. The molecular weight excluding hydrogens is 364 g/mol. The third-order valence-corrected chi connectivity index (χ3v) is 6.29. The summed E-state index contributed by atoms with van der Waals surface area (Å²) in [6.45, 7) is 2.08. The molecular formula is C21H17ClN2OS. The van der Waals surface area contributed by atoms with Crippen LogP contribution in [0.25, 0.3) is 0 Å². The summed E-state index contributed by atoms with van der Waals surface area (Å²) in [6.07, 6.45) is 0.879.